The number of benzene rings is 1. The maximum absolute atomic E-state index is 12.8. The van der Waals surface area contributed by atoms with Crippen molar-refractivity contribution in [2.45, 2.75) is 43.5 Å². The third-order valence-electron chi connectivity index (χ3n) is 3.71. The monoisotopic (exact) mass is 317 g/mol. The van der Waals surface area contributed by atoms with Gasteiger partial charge in [-0.25, -0.2) is 8.42 Å². The minimum absolute atomic E-state index is 0.130. The fourth-order valence-corrected chi connectivity index (χ4v) is 4.85. The second kappa shape index (κ2) is 6.43. The summed E-state index contributed by atoms with van der Waals surface area (Å²) in [5.41, 5.74) is 0.920. The van der Waals surface area contributed by atoms with Crippen LogP contribution in [-0.4, -0.2) is 37.0 Å². The molecule has 1 aromatic rings. The van der Waals surface area contributed by atoms with E-state index in [1.54, 1.807) is 18.2 Å². The Balaban J connectivity index is 2.41. The molecular formula is C14H20ClNO3S. The highest BCUT2D eigenvalue weighted by Crippen LogP contribution is 2.29. The zero-order valence-corrected chi connectivity index (χ0v) is 13.1. The Kier molecular flexibility index (Phi) is 5.07. The second-order valence-corrected chi connectivity index (χ2v) is 7.50. The maximum Gasteiger partial charge on any atom is 0.244 e. The SMILES string of the molecule is Cc1ccc(S(=O)(=O)N2CCCCCC2CO)c(Cl)c1. The summed E-state index contributed by atoms with van der Waals surface area (Å²) in [6, 6.07) is 4.59. The predicted octanol–water partition coefficient (Wildman–Crippen LogP) is 2.57. The molecule has 6 heteroatoms. The zero-order valence-electron chi connectivity index (χ0n) is 11.5. The highest BCUT2D eigenvalue weighted by atomic mass is 35.5. The highest BCUT2D eigenvalue weighted by Gasteiger charge is 2.33. The van der Waals surface area contributed by atoms with E-state index in [9.17, 15) is 13.5 Å². The summed E-state index contributed by atoms with van der Waals surface area (Å²) in [5, 5.41) is 9.71. The van der Waals surface area contributed by atoms with Crippen LogP contribution in [-0.2, 0) is 10.0 Å². The number of nitrogens with zero attached hydrogens (tertiary/aromatic N) is 1. The van der Waals surface area contributed by atoms with Crippen LogP contribution < -0.4 is 0 Å². The Morgan fingerprint density at radius 1 is 1.35 bits per heavy atom. The fraction of sp³-hybridized carbons (Fsp3) is 0.571. The highest BCUT2D eigenvalue weighted by molar-refractivity contribution is 7.89. The lowest BCUT2D eigenvalue weighted by Crippen LogP contribution is -2.42. The van der Waals surface area contributed by atoms with Crippen molar-refractivity contribution in [3.8, 4) is 0 Å². The Bertz CT molecular complexity index is 574. The first-order valence-corrected chi connectivity index (χ1v) is 8.67. The normalized spacial score (nSPS) is 21.6. The Morgan fingerprint density at radius 2 is 2.10 bits per heavy atom. The van der Waals surface area contributed by atoms with Crippen molar-refractivity contribution < 1.29 is 13.5 Å². The van der Waals surface area contributed by atoms with Crippen LogP contribution in [0.15, 0.2) is 23.1 Å². The van der Waals surface area contributed by atoms with Gasteiger partial charge in [-0.1, -0.05) is 30.5 Å². The van der Waals surface area contributed by atoms with Crippen LogP contribution in [0, 0.1) is 6.92 Å². The molecule has 1 atom stereocenters. The Morgan fingerprint density at radius 3 is 2.75 bits per heavy atom. The second-order valence-electron chi connectivity index (χ2n) is 5.24. The molecule has 1 aromatic carbocycles. The largest absolute Gasteiger partial charge is 0.395 e. The lowest BCUT2D eigenvalue weighted by Gasteiger charge is -2.28. The quantitative estimate of drug-likeness (QED) is 0.932. The molecule has 20 heavy (non-hydrogen) atoms. The Labute approximate surface area is 125 Å². The van der Waals surface area contributed by atoms with Gasteiger partial charge in [-0.3, -0.25) is 0 Å². The van der Waals surface area contributed by atoms with Crippen molar-refractivity contribution >= 4 is 21.6 Å². The van der Waals surface area contributed by atoms with Crippen molar-refractivity contribution in [1.82, 2.24) is 4.31 Å². The van der Waals surface area contributed by atoms with E-state index < -0.39 is 10.0 Å². The van der Waals surface area contributed by atoms with Crippen molar-refractivity contribution in [2.75, 3.05) is 13.2 Å². The molecule has 0 radical (unpaired) electrons. The third-order valence-corrected chi connectivity index (χ3v) is 6.14. The number of rotatable bonds is 3. The fourth-order valence-electron chi connectivity index (χ4n) is 2.59. The average molecular weight is 318 g/mol. The molecule has 1 unspecified atom stereocenters. The van der Waals surface area contributed by atoms with Gasteiger partial charge in [-0.05, 0) is 37.5 Å². The van der Waals surface area contributed by atoms with Crippen LogP contribution in [0.3, 0.4) is 0 Å². The van der Waals surface area contributed by atoms with Crippen LogP contribution in [0.4, 0.5) is 0 Å². The smallest absolute Gasteiger partial charge is 0.244 e. The molecule has 0 aliphatic carbocycles. The van der Waals surface area contributed by atoms with Gasteiger partial charge in [0, 0.05) is 12.6 Å². The van der Waals surface area contributed by atoms with Crippen molar-refractivity contribution in [3.05, 3.63) is 28.8 Å². The topological polar surface area (TPSA) is 57.6 Å². The number of halogens is 1. The van der Waals surface area contributed by atoms with Crippen LogP contribution in [0.2, 0.25) is 5.02 Å². The summed E-state index contributed by atoms with van der Waals surface area (Å²) in [7, 11) is -3.65. The molecule has 112 valence electrons. The standard InChI is InChI=1S/C14H20ClNO3S/c1-11-6-7-14(13(15)9-11)20(18,19)16-8-4-2-3-5-12(16)10-17/h6-7,9,12,17H,2-5,8,10H2,1H3. The zero-order chi connectivity index (χ0) is 14.8. The van der Waals surface area contributed by atoms with E-state index in [0.29, 0.717) is 13.0 Å². The lowest BCUT2D eigenvalue weighted by molar-refractivity contribution is 0.186. The molecule has 1 fully saturated rings. The van der Waals surface area contributed by atoms with E-state index in [1.165, 1.54) is 4.31 Å². The van der Waals surface area contributed by atoms with Gasteiger partial charge in [0.05, 0.1) is 11.6 Å². The molecule has 1 saturated heterocycles. The summed E-state index contributed by atoms with van der Waals surface area (Å²) in [6.07, 6.45) is 3.45. The summed E-state index contributed by atoms with van der Waals surface area (Å²) >= 11 is 6.10. The number of aliphatic hydroxyl groups excluding tert-OH is 1. The van der Waals surface area contributed by atoms with Gasteiger partial charge in [0.1, 0.15) is 4.90 Å². The van der Waals surface area contributed by atoms with Gasteiger partial charge >= 0.3 is 0 Å². The van der Waals surface area contributed by atoms with Gasteiger partial charge in [-0.2, -0.15) is 4.31 Å². The van der Waals surface area contributed by atoms with Crippen LogP contribution >= 0.6 is 11.6 Å². The molecule has 1 heterocycles. The number of aryl methyl sites for hydroxylation is 1. The summed E-state index contributed by atoms with van der Waals surface area (Å²) in [6.45, 7) is 2.16. The van der Waals surface area contributed by atoms with E-state index >= 15 is 0 Å². The molecule has 4 nitrogen and oxygen atoms in total. The van der Waals surface area contributed by atoms with Gasteiger partial charge in [-0.15, -0.1) is 0 Å². The number of hydrogen-bond donors (Lipinski definition) is 1. The van der Waals surface area contributed by atoms with Gasteiger partial charge in [0.25, 0.3) is 0 Å². The van der Waals surface area contributed by atoms with Crippen molar-refractivity contribution in [2.24, 2.45) is 0 Å². The number of hydrogen-bond acceptors (Lipinski definition) is 3. The summed E-state index contributed by atoms with van der Waals surface area (Å²) in [5.74, 6) is 0. The molecule has 1 aliphatic rings. The van der Waals surface area contributed by atoms with Crippen LogP contribution in [0.25, 0.3) is 0 Å². The first-order valence-electron chi connectivity index (χ1n) is 6.85. The van der Waals surface area contributed by atoms with Gasteiger partial charge in [0.2, 0.25) is 10.0 Å². The molecule has 0 amide bonds. The van der Waals surface area contributed by atoms with E-state index in [-0.39, 0.29) is 22.6 Å². The lowest BCUT2D eigenvalue weighted by atomic mass is 10.1. The molecule has 1 N–H and O–H groups in total. The third kappa shape index (κ3) is 3.17. The van der Waals surface area contributed by atoms with Crippen molar-refractivity contribution in [3.63, 3.8) is 0 Å². The van der Waals surface area contributed by atoms with E-state index in [2.05, 4.69) is 0 Å². The van der Waals surface area contributed by atoms with E-state index in [1.807, 2.05) is 6.92 Å². The summed E-state index contributed by atoms with van der Waals surface area (Å²) < 4.78 is 27.0. The molecule has 0 bridgehead atoms. The first-order chi connectivity index (χ1) is 9.46. The molecule has 0 aromatic heterocycles. The van der Waals surface area contributed by atoms with Gasteiger partial charge in [0.15, 0.2) is 0 Å². The first kappa shape index (κ1) is 15.8. The molecule has 0 spiro atoms. The molecule has 0 saturated carbocycles. The number of aliphatic hydroxyl groups is 1. The van der Waals surface area contributed by atoms with E-state index in [0.717, 1.165) is 24.8 Å². The molecule has 2 rings (SSSR count). The molecular weight excluding hydrogens is 298 g/mol. The maximum atomic E-state index is 12.8. The number of sulfonamides is 1. The predicted molar refractivity (Wildman–Crippen MR) is 79.4 cm³/mol. The minimum atomic E-state index is -3.65. The van der Waals surface area contributed by atoms with E-state index in [4.69, 9.17) is 11.6 Å². The minimum Gasteiger partial charge on any atom is -0.395 e. The average Bonchev–Trinajstić information content (AvgIpc) is 2.63. The van der Waals surface area contributed by atoms with Crippen molar-refractivity contribution in [1.29, 1.82) is 0 Å². The van der Waals surface area contributed by atoms with Crippen LogP contribution in [0.1, 0.15) is 31.2 Å². The molecule has 1 aliphatic heterocycles. The van der Waals surface area contributed by atoms with Crippen LogP contribution in [0.5, 0.6) is 0 Å². The Hall–Kier alpha value is -0.620. The summed E-state index contributed by atoms with van der Waals surface area (Å²) in [4.78, 5) is 0.130. The van der Waals surface area contributed by atoms with Gasteiger partial charge < -0.3 is 5.11 Å².